The first kappa shape index (κ1) is 18.6. The molecule has 3 nitrogen and oxygen atoms in total. The summed E-state index contributed by atoms with van der Waals surface area (Å²) in [6.07, 6.45) is 5.79. The maximum atomic E-state index is 10.6. The monoisotopic (exact) mass is 260 g/mol. The number of ether oxygens (including phenoxy) is 1. The lowest BCUT2D eigenvalue weighted by molar-refractivity contribution is -0.137. The van der Waals surface area contributed by atoms with Gasteiger partial charge in [0.25, 0.3) is 0 Å². The Morgan fingerprint density at radius 1 is 1.29 bits per heavy atom. The van der Waals surface area contributed by atoms with Crippen molar-refractivity contribution in [2.24, 2.45) is 5.92 Å². The van der Waals surface area contributed by atoms with E-state index in [1.54, 1.807) is 0 Å². The summed E-state index contributed by atoms with van der Waals surface area (Å²) in [7, 11) is 0. The minimum Gasteiger partial charge on any atom is -0.463 e. The van der Waals surface area contributed by atoms with E-state index >= 15 is 0 Å². The zero-order valence-corrected chi connectivity index (χ0v) is 12.0. The quantitative estimate of drug-likeness (QED) is 0.330. The summed E-state index contributed by atoms with van der Waals surface area (Å²) < 4.78 is 4.84. The maximum absolute atomic E-state index is 10.6. The smallest absolute Gasteiger partial charge is 0.330 e. The van der Waals surface area contributed by atoms with Gasteiger partial charge >= 0.3 is 5.97 Å². The molecule has 0 saturated heterocycles. The first-order valence-corrected chi connectivity index (χ1v) is 6.33. The van der Waals surface area contributed by atoms with Crippen molar-refractivity contribution in [2.45, 2.75) is 46.5 Å². The molecule has 0 radical (unpaired) electrons. The van der Waals surface area contributed by atoms with Gasteiger partial charge in [-0.2, -0.15) is 0 Å². The fourth-order valence-corrected chi connectivity index (χ4v) is 1.06. The van der Waals surface area contributed by atoms with E-state index in [9.17, 15) is 9.59 Å². The van der Waals surface area contributed by atoms with Crippen LogP contribution in [0.15, 0.2) is 12.7 Å². The molecule has 0 aliphatic rings. The van der Waals surface area contributed by atoms with Crippen molar-refractivity contribution in [2.75, 3.05) is 6.61 Å². The molecule has 0 atom stereocenters. The number of esters is 1. The van der Waals surface area contributed by atoms with Crippen LogP contribution in [0.25, 0.3) is 0 Å². The summed E-state index contributed by atoms with van der Waals surface area (Å²) in [6, 6.07) is 0. The van der Waals surface area contributed by atoms with Gasteiger partial charge in [-0.25, -0.2) is 4.79 Å². The topological polar surface area (TPSA) is 43.4 Å². The van der Waals surface area contributed by atoms with Crippen LogP contribution in [0.3, 0.4) is 0 Å². The van der Waals surface area contributed by atoms with Crippen molar-refractivity contribution in [3.8, 4) is 0 Å². The average Bonchev–Trinajstić information content (AvgIpc) is 2.21. The van der Waals surface area contributed by atoms with Gasteiger partial charge in [-0.1, -0.05) is 39.7 Å². The van der Waals surface area contributed by atoms with E-state index in [4.69, 9.17) is 4.74 Å². The number of unbranched alkanes of at least 4 members (excludes halogenated alkanes) is 2. The third-order valence-electron chi connectivity index (χ3n) is 1.84. The van der Waals surface area contributed by atoms with Crippen molar-refractivity contribution in [3.63, 3.8) is 0 Å². The maximum Gasteiger partial charge on any atom is 0.330 e. The molecule has 0 saturated carbocycles. The van der Waals surface area contributed by atoms with Crippen LogP contribution < -0.4 is 0 Å². The minimum atomic E-state index is -0.316. The molecule has 0 rings (SSSR count). The van der Waals surface area contributed by atoms with Crippen molar-refractivity contribution in [1.29, 1.82) is 0 Å². The third kappa shape index (κ3) is 25.5. The van der Waals surface area contributed by atoms with Crippen LogP contribution in [0.2, 0.25) is 0 Å². The number of rotatable bonds is 7. The van der Waals surface area contributed by atoms with E-state index in [1.807, 2.05) is 0 Å². The molecule has 0 aromatic heterocycles. The Hall–Kier alpha value is -0.770. The van der Waals surface area contributed by atoms with Crippen LogP contribution in [-0.4, -0.2) is 17.7 Å². The molecular weight excluding hydrogens is 236 g/mol. The number of carbonyl (C=O) groups excluding carboxylic acids is 2. The Morgan fingerprint density at radius 2 is 1.82 bits per heavy atom. The van der Waals surface area contributed by atoms with Crippen LogP contribution in [0, 0.1) is 5.92 Å². The molecule has 0 N–H and O–H groups in total. The molecule has 0 amide bonds. The number of hydrogen-bond donors (Lipinski definition) is 1. The van der Waals surface area contributed by atoms with E-state index in [2.05, 4.69) is 33.1 Å². The second kappa shape index (κ2) is 13.3. The van der Waals surface area contributed by atoms with Crippen molar-refractivity contribution < 1.29 is 14.3 Å². The Balaban J connectivity index is 0. The number of thiol groups is 1. The highest BCUT2D eigenvalue weighted by Crippen LogP contribution is 2.07. The van der Waals surface area contributed by atoms with Gasteiger partial charge in [-0.15, -0.1) is 12.6 Å². The molecule has 0 fully saturated rings. The molecule has 0 aliphatic heterocycles. The fourth-order valence-electron chi connectivity index (χ4n) is 1.06. The van der Waals surface area contributed by atoms with Gasteiger partial charge in [0, 0.05) is 13.0 Å². The summed E-state index contributed by atoms with van der Waals surface area (Å²) in [4.78, 5) is 19.9. The zero-order valence-electron chi connectivity index (χ0n) is 11.1. The second-order valence-electron chi connectivity index (χ2n) is 4.13. The van der Waals surface area contributed by atoms with Gasteiger partial charge in [0.15, 0.2) is 5.12 Å². The third-order valence-corrected chi connectivity index (χ3v) is 1.84. The van der Waals surface area contributed by atoms with Gasteiger partial charge in [0.1, 0.15) is 0 Å². The largest absolute Gasteiger partial charge is 0.463 e. The number of hydrogen-bond acceptors (Lipinski definition) is 3. The molecule has 0 aliphatic carbocycles. The summed E-state index contributed by atoms with van der Waals surface area (Å²) in [5.41, 5.74) is 0. The highest BCUT2D eigenvalue weighted by Gasteiger charge is 1.96. The number of carbonyl (C=O) groups is 2. The molecule has 0 aromatic rings. The second-order valence-corrected chi connectivity index (χ2v) is 4.76. The van der Waals surface area contributed by atoms with Crippen LogP contribution in [0.4, 0.5) is 0 Å². The van der Waals surface area contributed by atoms with E-state index in [1.165, 1.54) is 25.8 Å². The molecule has 0 heterocycles. The predicted octanol–water partition coefficient (Wildman–Crippen LogP) is 3.39. The standard InChI is InChI=1S/C11H20O2.C2H4OS/c1-4-11(12)13-9-7-5-6-8-10(2)3;1-2(3)4/h4,10H,1,5-9H2,2-3H3;1H3,(H,3,4). The Morgan fingerprint density at radius 3 is 2.24 bits per heavy atom. The minimum absolute atomic E-state index is 0.139. The van der Waals surface area contributed by atoms with Crippen LogP contribution in [0.1, 0.15) is 46.5 Å². The first-order chi connectivity index (χ1) is 7.90. The van der Waals surface area contributed by atoms with E-state index in [0.29, 0.717) is 6.61 Å². The van der Waals surface area contributed by atoms with Crippen LogP contribution >= 0.6 is 12.6 Å². The van der Waals surface area contributed by atoms with Gasteiger partial charge < -0.3 is 4.74 Å². The lowest BCUT2D eigenvalue weighted by Gasteiger charge is -2.04. The van der Waals surface area contributed by atoms with Crippen molar-refractivity contribution in [1.82, 2.24) is 0 Å². The molecule has 0 aromatic carbocycles. The molecule has 0 spiro atoms. The van der Waals surface area contributed by atoms with Crippen molar-refractivity contribution in [3.05, 3.63) is 12.7 Å². The fraction of sp³-hybridized carbons (Fsp3) is 0.692. The SMILES string of the molecule is C=CC(=O)OCCCCCC(C)C.CC(=O)S. The van der Waals surface area contributed by atoms with Crippen LogP contribution in [0.5, 0.6) is 0 Å². The van der Waals surface area contributed by atoms with Gasteiger partial charge in [-0.3, -0.25) is 4.79 Å². The summed E-state index contributed by atoms with van der Waals surface area (Å²) in [6.45, 7) is 9.69. The molecule has 0 bridgehead atoms. The highest BCUT2D eigenvalue weighted by molar-refractivity contribution is 7.96. The van der Waals surface area contributed by atoms with E-state index in [0.717, 1.165) is 18.8 Å². The highest BCUT2D eigenvalue weighted by atomic mass is 32.1. The summed E-state index contributed by atoms with van der Waals surface area (Å²) in [5, 5.41) is -0.139. The Labute approximate surface area is 110 Å². The van der Waals surface area contributed by atoms with Gasteiger partial charge in [0.2, 0.25) is 0 Å². The van der Waals surface area contributed by atoms with Gasteiger partial charge in [0.05, 0.1) is 6.61 Å². The van der Waals surface area contributed by atoms with E-state index < -0.39 is 0 Å². The van der Waals surface area contributed by atoms with E-state index in [-0.39, 0.29) is 11.1 Å². The van der Waals surface area contributed by atoms with Gasteiger partial charge in [-0.05, 0) is 12.3 Å². The molecule has 100 valence electrons. The average molecular weight is 260 g/mol. The lowest BCUT2D eigenvalue weighted by atomic mass is 10.1. The first-order valence-electron chi connectivity index (χ1n) is 5.88. The lowest BCUT2D eigenvalue weighted by Crippen LogP contribution is -2.01. The predicted molar refractivity (Wildman–Crippen MR) is 74.1 cm³/mol. The Kier molecular flexibility index (Phi) is 14.5. The summed E-state index contributed by atoms with van der Waals surface area (Å²) in [5.74, 6) is 0.458. The zero-order chi connectivity index (χ0) is 13.7. The molecular formula is C13H24O3S. The molecule has 0 unspecified atom stereocenters. The summed E-state index contributed by atoms with van der Waals surface area (Å²) >= 11 is 3.33. The van der Waals surface area contributed by atoms with Crippen molar-refractivity contribution >= 4 is 23.7 Å². The molecule has 17 heavy (non-hydrogen) atoms. The molecule has 4 heteroatoms. The Bertz CT molecular complexity index is 221. The normalized spacial score (nSPS) is 9.24. The van der Waals surface area contributed by atoms with Crippen LogP contribution in [-0.2, 0) is 14.3 Å².